The first-order valence-corrected chi connectivity index (χ1v) is 26.5. The van der Waals surface area contributed by atoms with Gasteiger partial charge in [-0.1, -0.05) is 243 Å². The Morgan fingerprint density at radius 1 is 0.237 bits per heavy atom. The molecular formula is C74H48N2. The Balaban J connectivity index is 1.02. The highest BCUT2D eigenvalue weighted by Crippen LogP contribution is 2.68. The second-order valence-electron chi connectivity index (χ2n) is 20.6. The van der Waals surface area contributed by atoms with Crippen LogP contribution in [0.5, 0.6) is 0 Å². The smallest absolute Gasteiger partial charge is 0.0755 e. The van der Waals surface area contributed by atoms with Crippen molar-refractivity contribution in [2.75, 3.05) is 9.80 Å². The van der Waals surface area contributed by atoms with Crippen molar-refractivity contribution in [2.45, 2.75) is 10.8 Å². The number of hydrogen-bond acceptors (Lipinski definition) is 2. The van der Waals surface area contributed by atoms with Crippen molar-refractivity contribution in [1.82, 2.24) is 0 Å². The Hall–Kier alpha value is -9.76. The van der Waals surface area contributed by atoms with Crippen LogP contribution in [0.1, 0.15) is 44.5 Å². The molecule has 0 unspecified atom stereocenters. The van der Waals surface area contributed by atoms with Gasteiger partial charge in [0, 0.05) is 22.4 Å². The summed E-state index contributed by atoms with van der Waals surface area (Å²) in [5.41, 5.74) is 28.4. The molecule has 354 valence electrons. The quantitative estimate of drug-likeness (QED) is 0.164. The van der Waals surface area contributed by atoms with Crippen molar-refractivity contribution in [1.29, 1.82) is 0 Å². The first-order chi connectivity index (χ1) is 37.8. The molecule has 3 aliphatic carbocycles. The van der Waals surface area contributed by atoms with Crippen LogP contribution < -0.4 is 9.80 Å². The molecule has 12 aromatic carbocycles. The number of rotatable bonds is 6. The molecule has 0 fully saturated rings. The van der Waals surface area contributed by atoms with Gasteiger partial charge >= 0.3 is 0 Å². The van der Waals surface area contributed by atoms with Crippen molar-refractivity contribution in [2.24, 2.45) is 0 Å². The lowest BCUT2D eigenvalue weighted by Crippen LogP contribution is -2.36. The summed E-state index contributed by atoms with van der Waals surface area (Å²) in [5, 5.41) is 0. The van der Waals surface area contributed by atoms with E-state index < -0.39 is 10.8 Å². The summed E-state index contributed by atoms with van der Waals surface area (Å²) in [6.07, 6.45) is 0. The third kappa shape index (κ3) is 5.65. The molecular weight excluding hydrogens is 917 g/mol. The number of fused-ring (bicyclic) bond motifs is 19. The van der Waals surface area contributed by atoms with Crippen LogP contribution in [0.25, 0.3) is 55.6 Å². The summed E-state index contributed by atoms with van der Waals surface area (Å²) in [6, 6.07) is 109. The Morgan fingerprint density at radius 3 is 1.14 bits per heavy atom. The van der Waals surface area contributed by atoms with Crippen molar-refractivity contribution < 1.29 is 0 Å². The van der Waals surface area contributed by atoms with Gasteiger partial charge in [0.2, 0.25) is 0 Å². The standard InChI is InChI=1S/C74H48N2/c1-3-24-49(25-4-1)50-26-21-27-51(48-50)53-30-11-18-43-66(53)76(69-46-22-41-64-71(69)56-33-9-14-37-60(56)73(64)58-35-12-7-31-54(58)55-32-8-13-36-59(55)73)70-47-23-42-65-72(70)57-34-10-15-38-61(57)74(65)62-39-16-19-44-67(62)75(52-28-5-2-6-29-52)68-45-20-17-40-63(68)74/h1-48H. The minimum Gasteiger partial charge on any atom is -0.310 e. The average molecular weight is 965 g/mol. The lowest BCUT2D eigenvalue weighted by molar-refractivity contribution is 0.752. The highest BCUT2D eigenvalue weighted by atomic mass is 15.2. The van der Waals surface area contributed by atoms with Gasteiger partial charge < -0.3 is 9.80 Å². The second-order valence-corrected chi connectivity index (χ2v) is 20.6. The fraction of sp³-hybridized carbons (Fsp3) is 0.0270. The number of anilines is 6. The molecule has 1 aliphatic heterocycles. The van der Waals surface area contributed by atoms with Crippen LogP contribution in [0.4, 0.5) is 34.1 Å². The van der Waals surface area contributed by atoms with Crippen LogP contribution in [0.3, 0.4) is 0 Å². The maximum absolute atomic E-state index is 2.64. The summed E-state index contributed by atoms with van der Waals surface area (Å²) in [7, 11) is 0. The molecule has 2 nitrogen and oxygen atoms in total. The monoisotopic (exact) mass is 964 g/mol. The SMILES string of the molecule is c1ccc(-c2cccc(-c3ccccc3N(c3cccc4c3-c3ccccc3C43c4ccccc4-c4ccccc43)c3cccc4c3-c3ccccc3C43c4ccccc4N(c4ccccc4)c4ccccc43)c2)cc1. The molecule has 0 aromatic heterocycles. The summed E-state index contributed by atoms with van der Waals surface area (Å²) < 4.78 is 0. The summed E-state index contributed by atoms with van der Waals surface area (Å²) in [4.78, 5) is 5.10. The van der Waals surface area contributed by atoms with Crippen LogP contribution in [-0.4, -0.2) is 0 Å². The van der Waals surface area contributed by atoms with E-state index in [1.807, 2.05) is 0 Å². The van der Waals surface area contributed by atoms with Gasteiger partial charge in [-0.05, 0) is 132 Å². The molecule has 16 rings (SSSR count). The molecule has 1 heterocycles. The van der Waals surface area contributed by atoms with E-state index in [-0.39, 0.29) is 0 Å². The molecule has 0 N–H and O–H groups in total. The first kappa shape index (κ1) is 42.7. The number of benzene rings is 12. The Morgan fingerprint density at radius 2 is 0.592 bits per heavy atom. The summed E-state index contributed by atoms with van der Waals surface area (Å²) >= 11 is 0. The highest BCUT2D eigenvalue weighted by molar-refractivity contribution is 6.07. The van der Waals surface area contributed by atoms with Gasteiger partial charge in [0.05, 0.1) is 39.3 Å². The van der Waals surface area contributed by atoms with Gasteiger partial charge in [0.1, 0.15) is 0 Å². The van der Waals surface area contributed by atoms with Gasteiger partial charge in [0.25, 0.3) is 0 Å². The van der Waals surface area contributed by atoms with Crippen molar-refractivity contribution in [3.05, 3.63) is 336 Å². The molecule has 0 radical (unpaired) electrons. The van der Waals surface area contributed by atoms with E-state index in [9.17, 15) is 0 Å². The number of para-hydroxylation sites is 4. The lowest BCUT2D eigenvalue weighted by atomic mass is 9.64. The molecule has 0 saturated carbocycles. The van der Waals surface area contributed by atoms with E-state index in [0.29, 0.717) is 0 Å². The fourth-order valence-corrected chi connectivity index (χ4v) is 14.3. The molecule has 76 heavy (non-hydrogen) atoms. The van der Waals surface area contributed by atoms with Crippen LogP contribution in [0, 0.1) is 0 Å². The molecule has 2 heteroatoms. The van der Waals surface area contributed by atoms with Gasteiger partial charge in [-0.2, -0.15) is 0 Å². The zero-order valence-corrected chi connectivity index (χ0v) is 41.6. The normalized spacial score (nSPS) is 14.0. The predicted molar refractivity (Wildman–Crippen MR) is 314 cm³/mol. The maximum Gasteiger partial charge on any atom is 0.0755 e. The number of nitrogens with zero attached hydrogens (tertiary/aromatic N) is 2. The molecule has 12 aromatic rings. The highest BCUT2D eigenvalue weighted by Gasteiger charge is 2.55. The minimum absolute atomic E-state index is 0.514. The molecule has 0 atom stereocenters. The predicted octanol–water partition coefficient (Wildman–Crippen LogP) is 19.0. The average Bonchev–Trinajstić information content (AvgIpc) is 4.30. The van der Waals surface area contributed by atoms with E-state index >= 15 is 0 Å². The van der Waals surface area contributed by atoms with Crippen LogP contribution in [-0.2, 0) is 10.8 Å². The lowest BCUT2D eigenvalue weighted by Gasteiger charge is -2.45. The van der Waals surface area contributed by atoms with E-state index in [0.717, 1.165) is 33.9 Å². The topological polar surface area (TPSA) is 6.48 Å². The Bertz CT molecular complexity index is 4230. The summed E-state index contributed by atoms with van der Waals surface area (Å²) in [6.45, 7) is 0. The first-order valence-electron chi connectivity index (χ1n) is 26.5. The van der Waals surface area contributed by atoms with E-state index in [2.05, 4.69) is 301 Å². The Kier molecular flexibility index (Phi) is 9.20. The van der Waals surface area contributed by atoms with Crippen LogP contribution >= 0.6 is 0 Å². The largest absolute Gasteiger partial charge is 0.310 e. The van der Waals surface area contributed by atoms with Gasteiger partial charge in [-0.3, -0.25) is 0 Å². The van der Waals surface area contributed by atoms with Crippen molar-refractivity contribution in [3.63, 3.8) is 0 Å². The van der Waals surface area contributed by atoms with Crippen molar-refractivity contribution >= 4 is 34.1 Å². The van der Waals surface area contributed by atoms with Crippen molar-refractivity contribution in [3.8, 4) is 55.6 Å². The fourth-order valence-electron chi connectivity index (χ4n) is 14.3. The molecule has 4 aliphatic rings. The van der Waals surface area contributed by atoms with Crippen LogP contribution in [0.2, 0.25) is 0 Å². The number of hydrogen-bond donors (Lipinski definition) is 0. The zero-order chi connectivity index (χ0) is 50.0. The molecule has 0 amide bonds. The maximum atomic E-state index is 2.64. The Labute approximate surface area is 443 Å². The molecule has 0 saturated heterocycles. The van der Waals surface area contributed by atoms with E-state index in [1.54, 1.807) is 0 Å². The van der Waals surface area contributed by atoms with Gasteiger partial charge in [-0.25, -0.2) is 0 Å². The van der Waals surface area contributed by atoms with E-state index in [4.69, 9.17) is 0 Å². The van der Waals surface area contributed by atoms with Crippen LogP contribution in [0.15, 0.2) is 291 Å². The minimum atomic E-state index is -0.637. The zero-order valence-electron chi connectivity index (χ0n) is 41.6. The molecule has 0 bridgehead atoms. The third-order valence-corrected chi connectivity index (χ3v) is 17.1. The van der Waals surface area contributed by atoms with Gasteiger partial charge in [-0.15, -0.1) is 0 Å². The van der Waals surface area contributed by atoms with Gasteiger partial charge in [0.15, 0.2) is 0 Å². The summed E-state index contributed by atoms with van der Waals surface area (Å²) in [5.74, 6) is 0. The second kappa shape index (κ2) is 16.4. The third-order valence-electron chi connectivity index (χ3n) is 17.1. The molecule has 2 spiro atoms. The van der Waals surface area contributed by atoms with E-state index in [1.165, 1.54) is 100 Å².